The second kappa shape index (κ2) is 29.4. The predicted molar refractivity (Wildman–Crippen MR) is 296 cm³/mol. The third kappa shape index (κ3) is 16.8. The summed E-state index contributed by atoms with van der Waals surface area (Å²) in [4.78, 5) is 82.4. The fourth-order valence-electron chi connectivity index (χ4n) is 11.6. The van der Waals surface area contributed by atoms with E-state index in [0.717, 1.165) is 6.42 Å². The highest BCUT2D eigenvalue weighted by atomic mass is 16.5. The maximum atomic E-state index is 14.5. The molecule has 17 heteroatoms. The zero-order valence-electron chi connectivity index (χ0n) is 47.8. The summed E-state index contributed by atoms with van der Waals surface area (Å²) in [6.07, 6.45) is 10.7. The topological polar surface area (TPSA) is 261 Å². The van der Waals surface area contributed by atoms with E-state index in [9.17, 15) is 54.3 Å². The van der Waals surface area contributed by atoms with E-state index in [1.807, 2.05) is 52.8 Å². The minimum atomic E-state index is -1.37. The van der Waals surface area contributed by atoms with Crippen LogP contribution in [-0.4, -0.2) is 127 Å². The molecule has 4 aliphatic heterocycles. The molecule has 1 aromatic rings. The van der Waals surface area contributed by atoms with Crippen molar-refractivity contribution < 1.29 is 63.8 Å². The number of nitrogens with one attached hydrogen (secondary N) is 3. The molecule has 4 aliphatic rings. The van der Waals surface area contributed by atoms with Crippen LogP contribution >= 0.6 is 0 Å². The third-order valence-electron chi connectivity index (χ3n) is 17.3. The number of rotatable bonds is 15. The molecule has 17 nitrogen and oxygen atoms in total. The second-order valence-electron chi connectivity index (χ2n) is 23.4. The first-order valence-electron chi connectivity index (χ1n) is 28.7. The SMILES string of the molecule is CC[C@H]1C[C@H](C)[C@@]2(NC1=O)O[C@@H](C[C@H](O)[C@@H](C)CC/C=C/C=C(\C)[C@@H]1C/C=C/C=C/[C@H](O)[C@H](C)[C@@H](O)[C@@H](CCC(C)=O)C(=O)C[C@@H](C(C)C)C(=O)N[C@@H](Cc3cccc(O)c3)C(=O)N3CCC[C@H](N3)C(=O)O1)[C@H](C)[C@H](O)[C@@H]2C. The first-order valence-corrected chi connectivity index (χ1v) is 28.7. The number of carbonyl (C=O) groups excluding carboxylic acids is 6. The molecule has 4 heterocycles. The van der Waals surface area contributed by atoms with Crippen LogP contribution in [0.2, 0.25) is 0 Å². The molecule has 1 aromatic carbocycles. The molecule has 3 amide bonds. The lowest BCUT2D eigenvalue weighted by atomic mass is 9.69. The molecule has 78 heavy (non-hydrogen) atoms. The molecule has 17 atom stereocenters. The Balaban J connectivity index is 1.35. The number of phenols is 1. The number of hydrogen-bond donors (Lipinski definition) is 8. The van der Waals surface area contributed by atoms with E-state index in [0.29, 0.717) is 49.7 Å². The number of cyclic esters (lactones) is 1. The summed E-state index contributed by atoms with van der Waals surface area (Å²) in [7, 11) is 0. The minimum Gasteiger partial charge on any atom is -0.508 e. The number of piperidine rings is 1. The number of esters is 1. The Hall–Kier alpha value is -5.04. The van der Waals surface area contributed by atoms with Gasteiger partial charge in [0.25, 0.3) is 5.91 Å². The van der Waals surface area contributed by atoms with Gasteiger partial charge in [0.2, 0.25) is 11.8 Å². The number of hydrogen-bond acceptors (Lipinski definition) is 14. The zero-order chi connectivity index (χ0) is 57.6. The summed E-state index contributed by atoms with van der Waals surface area (Å²) in [6, 6.07) is 4.20. The number of aliphatic hydroxyl groups is 4. The van der Waals surface area contributed by atoms with Crippen molar-refractivity contribution in [1.29, 1.82) is 0 Å². The fourth-order valence-corrected chi connectivity index (χ4v) is 11.6. The van der Waals surface area contributed by atoms with Crippen molar-refractivity contribution in [1.82, 2.24) is 21.1 Å². The molecule has 3 saturated heterocycles. The molecule has 0 saturated carbocycles. The minimum absolute atomic E-state index is 0.00310. The number of phenolic OH excluding ortho intramolecular Hbond substituents is 1. The van der Waals surface area contributed by atoms with Gasteiger partial charge < -0.3 is 50.4 Å². The summed E-state index contributed by atoms with van der Waals surface area (Å²) >= 11 is 0. The van der Waals surface area contributed by atoms with Crippen molar-refractivity contribution >= 4 is 35.3 Å². The third-order valence-corrected chi connectivity index (χ3v) is 17.3. The number of benzene rings is 1. The lowest BCUT2D eigenvalue weighted by Crippen LogP contribution is -2.71. The lowest BCUT2D eigenvalue weighted by Gasteiger charge is -2.56. The van der Waals surface area contributed by atoms with Gasteiger partial charge in [-0.1, -0.05) is 110 Å². The molecule has 0 aliphatic carbocycles. The van der Waals surface area contributed by atoms with Crippen molar-refractivity contribution in [2.24, 2.45) is 53.3 Å². The average Bonchev–Trinajstić information content (AvgIpc) is 3.51. The van der Waals surface area contributed by atoms with E-state index in [1.54, 1.807) is 51.1 Å². The van der Waals surface area contributed by atoms with Gasteiger partial charge >= 0.3 is 5.97 Å². The van der Waals surface area contributed by atoms with Crippen molar-refractivity contribution in [3.63, 3.8) is 0 Å². The van der Waals surface area contributed by atoms with Gasteiger partial charge in [0.15, 0.2) is 0 Å². The van der Waals surface area contributed by atoms with Crippen LogP contribution in [0.3, 0.4) is 0 Å². The van der Waals surface area contributed by atoms with E-state index in [4.69, 9.17) is 9.47 Å². The van der Waals surface area contributed by atoms with Crippen molar-refractivity contribution in [3.8, 4) is 5.75 Å². The van der Waals surface area contributed by atoms with Crippen LogP contribution in [0, 0.1) is 53.3 Å². The maximum Gasteiger partial charge on any atom is 0.325 e. The standard InChI is InChI=1S/C61H92N4O13/c1-11-44-30-38(6)61(63-57(44)73)42(10)55(71)41(9)54(78-61)34-51(69)36(4)20-14-12-15-21-37(5)53-26-17-13-16-25-50(68)40(8)56(72)46(28-27-39(7)66)52(70)33-47(35(2)3)58(74)62-49(32-43-22-18-23-45(67)31-43)59(75)65-29-19-24-48(64-65)60(76)77-53/h12-13,15-18,21-23,25,31,35-36,38,40-42,44,46-51,53-56,64,67-69,71-72H,11,14,19-20,24,26-30,32-34H2,1-10H3,(H,62,74)(H,63,73)/b15-12+,17-13+,25-16+,37-21+/t36-,38-,40-,41-,42-,44-,46-,47-,48-,49-,50-,51-,53-,54-,55-,56+,61+/m0/s1. The lowest BCUT2D eigenvalue weighted by molar-refractivity contribution is -0.267. The smallest absolute Gasteiger partial charge is 0.325 e. The van der Waals surface area contributed by atoms with Crippen LogP contribution in [0.15, 0.2) is 72.4 Å². The predicted octanol–water partition coefficient (Wildman–Crippen LogP) is 6.50. The molecule has 3 fully saturated rings. The molecule has 8 N–H and O–H groups in total. The Kier molecular flexibility index (Phi) is 24.1. The number of amides is 3. The second-order valence-corrected chi connectivity index (χ2v) is 23.4. The van der Waals surface area contributed by atoms with Gasteiger partial charge in [-0.3, -0.25) is 29.0 Å². The maximum absolute atomic E-state index is 14.5. The van der Waals surface area contributed by atoms with Crippen LogP contribution < -0.4 is 16.1 Å². The zero-order valence-corrected chi connectivity index (χ0v) is 47.8. The number of fused-ring (bicyclic) bond motifs is 2. The number of nitrogens with zero attached hydrogens (tertiary/aromatic N) is 1. The summed E-state index contributed by atoms with van der Waals surface area (Å²) in [5, 5.41) is 63.5. The van der Waals surface area contributed by atoms with Crippen LogP contribution in [0.25, 0.3) is 0 Å². The summed E-state index contributed by atoms with van der Waals surface area (Å²) in [6.45, 7) is 18.5. The number of aromatic hydroxyl groups is 1. The number of ketones is 2. The van der Waals surface area contributed by atoms with Crippen LogP contribution in [0.1, 0.15) is 145 Å². The number of carbonyl (C=O) groups is 6. The molecular formula is C61H92N4O13. The van der Waals surface area contributed by atoms with Gasteiger partial charge in [0, 0.05) is 80.1 Å². The largest absolute Gasteiger partial charge is 0.508 e. The summed E-state index contributed by atoms with van der Waals surface area (Å²) in [5.74, 6) is -6.56. The van der Waals surface area contributed by atoms with Crippen molar-refractivity contribution in [3.05, 3.63) is 77.9 Å². The summed E-state index contributed by atoms with van der Waals surface area (Å²) < 4.78 is 12.9. The molecule has 0 unspecified atom stereocenters. The van der Waals surface area contributed by atoms with E-state index < -0.39 is 102 Å². The molecule has 0 aromatic heterocycles. The quantitative estimate of drug-likeness (QED) is 0.0689. The number of Topliss-reactive ketones (excluding diaryl/α,β-unsaturated/α-hetero) is 2. The monoisotopic (exact) mass is 1090 g/mol. The number of allylic oxidation sites excluding steroid dienone is 5. The molecule has 5 rings (SSSR count). The molecule has 2 bridgehead atoms. The van der Waals surface area contributed by atoms with E-state index in [2.05, 4.69) is 23.0 Å². The highest BCUT2D eigenvalue weighted by molar-refractivity contribution is 5.92. The van der Waals surface area contributed by atoms with Crippen LogP contribution in [0.4, 0.5) is 0 Å². The Bertz CT molecular complexity index is 2330. The fraction of sp³-hybridized carbons (Fsp3) is 0.672. The van der Waals surface area contributed by atoms with Gasteiger partial charge in [-0.05, 0) is 93.9 Å². The first kappa shape index (κ1) is 63.8. The van der Waals surface area contributed by atoms with Crippen LogP contribution in [-0.2, 0) is 44.7 Å². The van der Waals surface area contributed by atoms with Gasteiger partial charge in [-0.25, -0.2) is 5.43 Å². The van der Waals surface area contributed by atoms with E-state index in [-0.39, 0.29) is 85.7 Å². The number of aliphatic hydroxyl groups excluding tert-OH is 4. The Morgan fingerprint density at radius 3 is 2.38 bits per heavy atom. The van der Waals surface area contributed by atoms with Gasteiger partial charge in [-0.2, -0.15) is 0 Å². The first-order chi connectivity index (χ1) is 36.9. The molecule has 434 valence electrons. The Morgan fingerprint density at radius 1 is 0.974 bits per heavy atom. The van der Waals surface area contributed by atoms with Crippen molar-refractivity contribution in [2.75, 3.05) is 6.54 Å². The molecule has 1 spiro atoms. The van der Waals surface area contributed by atoms with Gasteiger partial charge in [0.1, 0.15) is 41.2 Å². The molecule has 0 radical (unpaired) electrons. The van der Waals surface area contributed by atoms with Gasteiger partial charge in [-0.15, -0.1) is 0 Å². The highest BCUT2D eigenvalue weighted by Crippen LogP contribution is 2.46. The Labute approximate surface area is 462 Å². The Morgan fingerprint density at radius 2 is 1.71 bits per heavy atom. The van der Waals surface area contributed by atoms with Gasteiger partial charge in [0.05, 0.1) is 30.5 Å². The number of ether oxygens (including phenoxy) is 2. The van der Waals surface area contributed by atoms with E-state index in [1.165, 1.54) is 30.1 Å². The average molecular weight is 1090 g/mol. The summed E-state index contributed by atoms with van der Waals surface area (Å²) in [5.41, 5.74) is 3.31. The highest BCUT2D eigenvalue weighted by Gasteiger charge is 2.57. The van der Waals surface area contributed by atoms with E-state index >= 15 is 0 Å². The normalized spacial score (nSPS) is 35.0. The number of hydrazine groups is 1. The molecular weight excluding hydrogens is 997 g/mol. The van der Waals surface area contributed by atoms with Crippen LogP contribution in [0.5, 0.6) is 5.75 Å². The van der Waals surface area contributed by atoms with Crippen molar-refractivity contribution in [2.45, 2.75) is 201 Å².